The lowest BCUT2D eigenvalue weighted by molar-refractivity contribution is 0.102. The predicted octanol–water partition coefficient (Wildman–Crippen LogP) is 2.23. The Hall–Kier alpha value is -3.35. The molecule has 1 aromatic carbocycles. The first-order valence-corrected chi connectivity index (χ1v) is 7.04. The van der Waals surface area contributed by atoms with Crippen molar-refractivity contribution in [3.63, 3.8) is 0 Å². The number of carbonyl (C=O) groups excluding carboxylic acids is 1. The van der Waals surface area contributed by atoms with Crippen molar-refractivity contribution in [1.82, 2.24) is 24.6 Å². The van der Waals surface area contributed by atoms with Crippen LogP contribution in [0.25, 0.3) is 16.6 Å². The van der Waals surface area contributed by atoms with Crippen molar-refractivity contribution in [1.29, 1.82) is 0 Å². The van der Waals surface area contributed by atoms with Gasteiger partial charge < -0.3 is 5.32 Å². The highest BCUT2D eigenvalue weighted by Crippen LogP contribution is 2.18. The average Bonchev–Trinajstić information content (AvgIpc) is 2.97. The molecule has 0 aliphatic carbocycles. The van der Waals surface area contributed by atoms with Crippen LogP contribution in [0, 0.1) is 6.92 Å². The number of aromatic nitrogens is 5. The molecule has 4 aromatic rings. The summed E-state index contributed by atoms with van der Waals surface area (Å²) in [6.45, 7) is 1.96. The Kier molecular flexibility index (Phi) is 2.97. The van der Waals surface area contributed by atoms with Gasteiger partial charge in [-0.25, -0.2) is 15.0 Å². The van der Waals surface area contributed by atoms with Gasteiger partial charge in [-0.05, 0) is 31.2 Å². The van der Waals surface area contributed by atoms with Crippen molar-refractivity contribution in [2.45, 2.75) is 6.92 Å². The maximum Gasteiger partial charge on any atom is 0.276 e. The Morgan fingerprint density at radius 1 is 1.17 bits per heavy atom. The van der Waals surface area contributed by atoms with Crippen LogP contribution in [0.5, 0.6) is 0 Å². The Morgan fingerprint density at radius 3 is 3.00 bits per heavy atom. The second kappa shape index (κ2) is 5.13. The summed E-state index contributed by atoms with van der Waals surface area (Å²) < 4.78 is 1.56. The van der Waals surface area contributed by atoms with Gasteiger partial charge in [0.2, 0.25) is 0 Å². The molecule has 1 N–H and O–H groups in total. The molecule has 112 valence electrons. The van der Waals surface area contributed by atoms with E-state index in [0.717, 1.165) is 11.1 Å². The van der Waals surface area contributed by atoms with E-state index in [1.165, 1.54) is 6.33 Å². The number of hydrogen-bond donors (Lipinski definition) is 1. The number of imidazole rings is 1. The molecule has 1 amide bonds. The molecule has 0 spiro atoms. The quantitative estimate of drug-likeness (QED) is 0.614. The molecule has 0 saturated carbocycles. The average molecular weight is 304 g/mol. The summed E-state index contributed by atoms with van der Waals surface area (Å²) in [4.78, 5) is 25.1. The molecule has 0 unspecified atom stereocenters. The first kappa shape index (κ1) is 13.3. The Labute approximate surface area is 131 Å². The van der Waals surface area contributed by atoms with E-state index in [4.69, 9.17) is 0 Å². The van der Waals surface area contributed by atoms with E-state index in [-0.39, 0.29) is 5.91 Å². The molecule has 0 fully saturated rings. The van der Waals surface area contributed by atoms with Gasteiger partial charge in [0.05, 0.1) is 11.7 Å². The van der Waals surface area contributed by atoms with Crippen LogP contribution in [0.15, 0.2) is 49.1 Å². The Bertz CT molecular complexity index is 1040. The molecule has 3 heterocycles. The van der Waals surface area contributed by atoms with Crippen LogP contribution in [-0.2, 0) is 0 Å². The normalized spacial score (nSPS) is 11.0. The molecule has 23 heavy (non-hydrogen) atoms. The smallest absolute Gasteiger partial charge is 0.276 e. The van der Waals surface area contributed by atoms with Gasteiger partial charge in [0.1, 0.15) is 12.0 Å². The lowest BCUT2D eigenvalue weighted by Crippen LogP contribution is -2.16. The van der Waals surface area contributed by atoms with Crippen molar-refractivity contribution < 1.29 is 4.79 Å². The van der Waals surface area contributed by atoms with E-state index < -0.39 is 0 Å². The molecule has 7 heteroatoms. The number of carbonyl (C=O) groups is 1. The van der Waals surface area contributed by atoms with Crippen molar-refractivity contribution in [2.75, 3.05) is 5.32 Å². The maximum absolute atomic E-state index is 12.6. The SMILES string of the molecule is Cc1ccc2ncnc(C(=O)Nc3cnc4cccnn34)c2c1. The van der Waals surface area contributed by atoms with Crippen molar-refractivity contribution >= 4 is 28.3 Å². The van der Waals surface area contributed by atoms with Gasteiger partial charge >= 0.3 is 0 Å². The molecule has 0 radical (unpaired) electrons. The van der Waals surface area contributed by atoms with Crippen molar-refractivity contribution in [3.05, 3.63) is 60.3 Å². The summed E-state index contributed by atoms with van der Waals surface area (Å²) in [5, 5.41) is 7.69. The molecule has 3 aromatic heterocycles. The number of aryl methyl sites for hydroxylation is 1. The molecule has 0 aliphatic rings. The highest BCUT2D eigenvalue weighted by Gasteiger charge is 2.15. The van der Waals surface area contributed by atoms with Crippen LogP contribution in [0.2, 0.25) is 0 Å². The molecular weight excluding hydrogens is 292 g/mol. The minimum absolute atomic E-state index is 0.324. The lowest BCUT2D eigenvalue weighted by Gasteiger charge is -2.06. The summed E-state index contributed by atoms with van der Waals surface area (Å²) >= 11 is 0. The van der Waals surface area contributed by atoms with Gasteiger partial charge in [-0.15, -0.1) is 0 Å². The summed E-state index contributed by atoms with van der Waals surface area (Å²) in [6, 6.07) is 9.32. The second-order valence-corrected chi connectivity index (χ2v) is 5.13. The molecule has 4 rings (SSSR count). The van der Waals surface area contributed by atoms with Crippen LogP contribution in [0.1, 0.15) is 16.1 Å². The maximum atomic E-state index is 12.6. The Morgan fingerprint density at radius 2 is 2.09 bits per heavy atom. The zero-order valence-electron chi connectivity index (χ0n) is 12.3. The van der Waals surface area contributed by atoms with Gasteiger partial charge in [-0.2, -0.15) is 9.61 Å². The standard InChI is InChI=1S/C16H12N6O/c1-10-4-5-12-11(7-10)15(19-9-18-12)16(23)21-14-8-17-13-3-2-6-20-22(13)14/h2-9H,1H3,(H,21,23). The molecule has 0 saturated heterocycles. The fourth-order valence-corrected chi connectivity index (χ4v) is 2.44. The number of nitrogens with zero attached hydrogens (tertiary/aromatic N) is 5. The van der Waals surface area contributed by atoms with Gasteiger partial charge in [-0.3, -0.25) is 4.79 Å². The van der Waals surface area contributed by atoms with Crippen LogP contribution >= 0.6 is 0 Å². The number of anilines is 1. The predicted molar refractivity (Wildman–Crippen MR) is 85.2 cm³/mol. The highest BCUT2D eigenvalue weighted by molar-refractivity contribution is 6.10. The van der Waals surface area contributed by atoms with E-state index in [9.17, 15) is 4.79 Å². The Balaban J connectivity index is 1.76. The molecule has 7 nitrogen and oxygen atoms in total. The van der Waals surface area contributed by atoms with E-state index in [2.05, 4.69) is 25.4 Å². The number of amides is 1. The highest BCUT2D eigenvalue weighted by atomic mass is 16.2. The summed E-state index contributed by atoms with van der Waals surface area (Å²) in [7, 11) is 0. The summed E-state index contributed by atoms with van der Waals surface area (Å²) in [5.74, 6) is 0.167. The molecule has 0 bridgehead atoms. The van der Waals surface area contributed by atoms with Crippen LogP contribution < -0.4 is 5.32 Å². The number of hydrogen-bond acceptors (Lipinski definition) is 5. The van der Waals surface area contributed by atoms with Gasteiger partial charge in [-0.1, -0.05) is 11.6 Å². The van der Waals surface area contributed by atoms with Gasteiger partial charge in [0.25, 0.3) is 5.91 Å². The van der Waals surface area contributed by atoms with Gasteiger partial charge in [0, 0.05) is 11.6 Å². The van der Waals surface area contributed by atoms with Crippen molar-refractivity contribution in [2.24, 2.45) is 0 Å². The minimum Gasteiger partial charge on any atom is -0.304 e. The van der Waals surface area contributed by atoms with Crippen LogP contribution in [-0.4, -0.2) is 30.5 Å². The summed E-state index contributed by atoms with van der Waals surface area (Å²) in [6.07, 6.45) is 4.59. The number of rotatable bonds is 2. The first-order valence-electron chi connectivity index (χ1n) is 7.04. The van der Waals surface area contributed by atoms with Crippen LogP contribution in [0.3, 0.4) is 0 Å². The largest absolute Gasteiger partial charge is 0.304 e. The van der Waals surface area contributed by atoms with Gasteiger partial charge in [0.15, 0.2) is 11.5 Å². The third kappa shape index (κ3) is 2.28. The third-order valence-corrected chi connectivity index (χ3v) is 3.53. The fourth-order valence-electron chi connectivity index (χ4n) is 2.44. The van der Waals surface area contributed by atoms with E-state index in [1.54, 1.807) is 23.0 Å². The topological polar surface area (TPSA) is 85.1 Å². The molecular formula is C16H12N6O. The van der Waals surface area contributed by atoms with E-state index in [0.29, 0.717) is 22.5 Å². The molecule has 0 aliphatic heterocycles. The monoisotopic (exact) mass is 304 g/mol. The minimum atomic E-state index is -0.324. The number of nitrogens with one attached hydrogen (secondary N) is 1. The fraction of sp³-hybridized carbons (Fsp3) is 0.0625. The number of benzene rings is 1. The lowest BCUT2D eigenvalue weighted by atomic mass is 10.1. The van der Waals surface area contributed by atoms with E-state index >= 15 is 0 Å². The number of fused-ring (bicyclic) bond motifs is 2. The zero-order valence-corrected chi connectivity index (χ0v) is 12.3. The van der Waals surface area contributed by atoms with E-state index in [1.807, 2.05) is 31.2 Å². The molecule has 0 atom stereocenters. The third-order valence-electron chi connectivity index (χ3n) is 3.53. The zero-order chi connectivity index (χ0) is 15.8. The summed E-state index contributed by atoms with van der Waals surface area (Å²) in [5.41, 5.74) is 2.75. The van der Waals surface area contributed by atoms with Crippen molar-refractivity contribution in [3.8, 4) is 0 Å². The first-order chi connectivity index (χ1) is 11.2. The van der Waals surface area contributed by atoms with Crippen LogP contribution in [0.4, 0.5) is 5.82 Å². The second-order valence-electron chi connectivity index (χ2n) is 5.13.